The van der Waals surface area contributed by atoms with Gasteiger partial charge in [-0.2, -0.15) is 0 Å². The summed E-state index contributed by atoms with van der Waals surface area (Å²) in [5, 5.41) is 1.80. The van der Waals surface area contributed by atoms with Gasteiger partial charge in [-0.1, -0.05) is 0 Å². The van der Waals surface area contributed by atoms with Crippen LogP contribution in [0.15, 0.2) is 29.2 Å². The first kappa shape index (κ1) is 19.9. The van der Waals surface area contributed by atoms with Crippen molar-refractivity contribution in [2.75, 3.05) is 6.54 Å². The number of nitrogens with two attached hydrogens (primary N) is 1. The molecule has 0 aliphatic heterocycles. The maximum atomic E-state index is 12.9. The average molecular weight is 365 g/mol. The van der Waals surface area contributed by atoms with Gasteiger partial charge in [-0.3, -0.25) is 4.79 Å². The van der Waals surface area contributed by atoms with Crippen LogP contribution in [-0.4, -0.2) is 32.2 Å². The molecule has 1 aliphatic carbocycles. The lowest BCUT2D eigenvalue weighted by Gasteiger charge is -2.15. The van der Waals surface area contributed by atoms with E-state index in [9.17, 15) is 17.6 Å². The Morgan fingerprint density at radius 3 is 2.43 bits per heavy atom. The number of nitrogens with one attached hydrogen (secondary N) is 1. The smallest absolute Gasteiger partial charge is 0.221 e. The Bertz CT molecular complexity index is 633. The predicted octanol–water partition coefficient (Wildman–Crippen LogP) is 1.65. The van der Waals surface area contributed by atoms with Gasteiger partial charge in [0, 0.05) is 19.0 Å². The van der Waals surface area contributed by atoms with Gasteiger partial charge in [-0.05, 0) is 49.9 Å². The highest BCUT2D eigenvalue weighted by Gasteiger charge is 2.29. The molecule has 1 aromatic carbocycles. The third-order valence-corrected chi connectivity index (χ3v) is 6.06. The second kappa shape index (κ2) is 8.08. The summed E-state index contributed by atoms with van der Waals surface area (Å²) in [7, 11) is -3.65. The van der Waals surface area contributed by atoms with Crippen LogP contribution in [0.5, 0.6) is 0 Å². The van der Waals surface area contributed by atoms with E-state index < -0.39 is 20.9 Å². The molecule has 1 saturated carbocycles. The van der Waals surface area contributed by atoms with Crippen LogP contribution >= 0.6 is 12.4 Å². The van der Waals surface area contributed by atoms with Gasteiger partial charge >= 0.3 is 0 Å². The van der Waals surface area contributed by atoms with Crippen LogP contribution < -0.4 is 11.1 Å². The monoisotopic (exact) mass is 364 g/mol. The Morgan fingerprint density at radius 2 is 1.91 bits per heavy atom. The van der Waals surface area contributed by atoms with Gasteiger partial charge in [0.2, 0.25) is 5.91 Å². The number of halogens is 2. The third kappa shape index (κ3) is 5.44. The summed E-state index contributed by atoms with van der Waals surface area (Å²) in [6.07, 6.45) is 2.04. The van der Waals surface area contributed by atoms with Gasteiger partial charge in [-0.15, -0.1) is 12.4 Å². The van der Waals surface area contributed by atoms with Crippen LogP contribution in [0.25, 0.3) is 0 Å². The van der Waals surface area contributed by atoms with Crippen LogP contribution in [0.1, 0.15) is 26.2 Å². The van der Waals surface area contributed by atoms with Gasteiger partial charge in [0.15, 0.2) is 9.84 Å². The number of carbonyl (C=O) groups is 1. The topological polar surface area (TPSA) is 89.3 Å². The molecule has 2 rings (SSSR count). The fourth-order valence-electron chi connectivity index (χ4n) is 2.22. The Morgan fingerprint density at radius 1 is 1.35 bits per heavy atom. The molecule has 0 heterocycles. The highest BCUT2D eigenvalue weighted by atomic mass is 35.5. The third-order valence-electron chi connectivity index (χ3n) is 3.91. The van der Waals surface area contributed by atoms with E-state index in [2.05, 4.69) is 5.32 Å². The van der Waals surface area contributed by atoms with E-state index in [0.29, 0.717) is 12.5 Å². The number of carbonyl (C=O) groups excluding carboxylic acids is 1. The standard InChI is InChI=1S/C15H21FN2O3S.ClH/c1-10(8-15(19)18-9-14(17)11-2-3-11)22(20,21)13-6-4-12(16)5-7-13;/h4-7,10-11,14H,2-3,8-9,17H2,1H3,(H,18,19);1H. The maximum Gasteiger partial charge on any atom is 0.221 e. The van der Waals surface area contributed by atoms with Crippen molar-refractivity contribution in [1.82, 2.24) is 5.32 Å². The number of sulfone groups is 1. The quantitative estimate of drug-likeness (QED) is 0.720. The van der Waals surface area contributed by atoms with Gasteiger partial charge in [-0.25, -0.2) is 12.8 Å². The summed E-state index contributed by atoms with van der Waals surface area (Å²) < 4.78 is 37.5. The second-order valence-corrected chi connectivity index (χ2v) is 8.19. The molecule has 0 radical (unpaired) electrons. The molecule has 2 unspecified atom stereocenters. The molecule has 1 aliphatic rings. The lowest BCUT2D eigenvalue weighted by Crippen LogP contribution is -2.40. The summed E-state index contributed by atoms with van der Waals surface area (Å²) in [4.78, 5) is 11.9. The Labute approximate surface area is 142 Å². The summed E-state index contributed by atoms with van der Waals surface area (Å²) >= 11 is 0. The molecule has 2 atom stereocenters. The van der Waals surface area contributed by atoms with Gasteiger partial charge in [0.25, 0.3) is 0 Å². The Kier molecular flexibility index (Phi) is 6.98. The predicted molar refractivity (Wildman–Crippen MR) is 88.6 cm³/mol. The number of amides is 1. The van der Waals surface area contributed by atoms with Crippen molar-refractivity contribution >= 4 is 28.2 Å². The zero-order chi connectivity index (χ0) is 16.3. The van der Waals surface area contributed by atoms with E-state index in [0.717, 1.165) is 25.0 Å². The number of benzene rings is 1. The Balaban J connectivity index is 0.00000264. The van der Waals surface area contributed by atoms with Crippen molar-refractivity contribution in [2.45, 2.75) is 42.4 Å². The minimum atomic E-state index is -3.65. The van der Waals surface area contributed by atoms with E-state index in [4.69, 9.17) is 5.73 Å². The summed E-state index contributed by atoms with van der Waals surface area (Å²) in [5.41, 5.74) is 5.88. The van der Waals surface area contributed by atoms with E-state index in [-0.39, 0.29) is 35.7 Å². The largest absolute Gasteiger partial charge is 0.354 e. The zero-order valence-corrected chi connectivity index (χ0v) is 14.5. The molecular formula is C15H22ClFN2O3S. The summed E-state index contributed by atoms with van der Waals surface area (Å²) in [5.74, 6) is -0.367. The highest BCUT2D eigenvalue weighted by molar-refractivity contribution is 7.92. The van der Waals surface area contributed by atoms with Crippen molar-refractivity contribution in [3.63, 3.8) is 0 Å². The van der Waals surface area contributed by atoms with Crippen molar-refractivity contribution in [2.24, 2.45) is 11.7 Å². The minimum absolute atomic E-state index is 0. The first-order chi connectivity index (χ1) is 10.3. The van der Waals surface area contributed by atoms with Crippen molar-refractivity contribution in [3.8, 4) is 0 Å². The lowest BCUT2D eigenvalue weighted by atomic mass is 10.2. The van der Waals surface area contributed by atoms with E-state index in [1.165, 1.54) is 19.1 Å². The van der Waals surface area contributed by atoms with Crippen LogP contribution in [0.3, 0.4) is 0 Å². The van der Waals surface area contributed by atoms with E-state index >= 15 is 0 Å². The first-order valence-electron chi connectivity index (χ1n) is 7.32. The normalized spacial score (nSPS) is 17.0. The van der Waals surface area contributed by atoms with Crippen LogP contribution in [0.2, 0.25) is 0 Å². The minimum Gasteiger partial charge on any atom is -0.354 e. The molecule has 0 saturated heterocycles. The summed E-state index contributed by atoms with van der Waals surface area (Å²) in [6, 6.07) is 4.54. The highest BCUT2D eigenvalue weighted by Crippen LogP contribution is 2.31. The molecule has 0 bridgehead atoms. The molecule has 3 N–H and O–H groups in total. The molecule has 5 nitrogen and oxygen atoms in total. The van der Waals surface area contributed by atoms with Crippen molar-refractivity contribution in [1.29, 1.82) is 0 Å². The SMILES string of the molecule is CC(CC(=O)NCC(N)C1CC1)S(=O)(=O)c1ccc(F)cc1.Cl. The maximum absolute atomic E-state index is 12.9. The molecule has 8 heteroatoms. The van der Waals surface area contributed by atoms with E-state index in [1.807, 2.05) is 0 Å². The van der Waals surface area contributed by atoms with Crippen LogP contribution in [-0.2, 0) is 14.6 Å². The number of hydrogen-bond donors (Lipinski definition) is 2. The first-order valence-corrected chi connectivity index (χ1v) is 8.87. The second-order valence-electron chi connectivity index (χ2n) is 5.82. The number of hydrogen-bond acceptors (Lipinski definition) is 4. The fourth-order valence-corrected chi connectivity index (χ4v) is 3.57. The number of rotatable bonds is 7. The van der Waals surface area contributed by atoms with Gasteiger partial charge < -0.3 is 11.1 Å². The van der Waals surface area contributed by atoms with Crippen molar-refractivity contribution < 1.29 is 17.6 Å². The fraction of sp³-hybridized carbons (Fsp3) is 0.533. The molecule has 23 heavy (non-hydrogen) atoms. The summed E-state index contributed by atoms with van der Waals surface area (Å²) in [6.45, 7) is 1.84. The van der Waals surface area contributed by atoms with Gasteiger partial charge in [0.05, 0.1) is 10.1 Å². The molecule has 0 spiro atoms. The van der Waals surface area contributed by atoms with Crippen LogP contribution in [0.4, 0.5) is 4.39 Å². The molecular weight excluding hydrogens is 343 g/mol. The van der Waals surface area contributed by atoms with Gasteiger partial charge in [0.1, 0.15) is 5.82 Å². The molecule has 1 amide bonds. The molecule has 130 valence electrons. The molecule has 1 aromatic rings. The Hall–Kier alpha value is -1.18. The van der Waals surface area contributed by atoms with Crippen LogP contribution in [0, 0.1) is 11.7 Å². The van der Waals surface area contributed by atoms with Crippen molar-refractivity contribution in [3.05, 3.63) is 30.1 Å². The molecule has 1 fully saturated rings. The van der Waals surface area contributed by atoms with E-state index in [1.54, 1.807) is 0 Å². The molecule has 0 aromatic heterocycles. The zero-order valence-electron chi connectivity index (χ0n) is 12.9. The lowest BCUT2D eigenvalue weighted by molar-refractivity contribution is -0.121. The average Bonchev–Trinajstić information content (AvgIpc) is 3.29.